The normalized spacial score (nSPS) is 12.6. The molecule has 188 valence electrons. The summed E-state index contributed by atoms with van der Waals surface area (Å²) in [6, 6.07) is 25.4. The van der Waals surface area contributed by atoms with Crippen LogP contribution < -0.4 is 8.85 Å². The van der Waals surface area contributed by atoms with Gasteiger partial charge in [-0.1, -0.05) is 53.7 Å². The van der Waals surface area contributed by atoms with Crippen molar-refractivity contribution in [2.24, 2.45) is 0 Å². The van der Waals surface area contributed by atoms with Crippen molar-refractivity contribution in [3.63, 3.8) is 0 Å². The third-order valence-electron chi connectivity index (χ3n) is 7.54. The Morgan fingerprint density at radius 3 is 1.17 bits per heavy atom. The van der Waals surface area contributed by atoms with Crippen LogP contribution >= 0.6 is 0 Å². The monoisotopic (exact) mass is 670 g/mol. The molecule has 0 amide bonds. The Morgan fingerprint density at radius 2 is 0.886 bits per heavy atom. The number of hydrogen-bond donors (Lipinski definition) is 0. The predicted octanol–water partition coefficient (Wildman–Crippen LogP) is 9.88. The summed E-state index contributed by atoms with van der Waals surface area (Å²) in [6.45, 7) is 22.7. The van der Waals surface area contributed by atoms with E-state index in [1.165, 1.54) is 21.5 Å². The first kappa shape index (κ1) is 29.8. The molecule has 4 aromatic rings. The van der Waals surface area contributed by atoms with Crippen molar-refractivity contribution >= 4 is 38.2 Å². The molecule has 0 saturated heterocycles. The SMILES string of the molecule is CC(C)(C)[Si](C)(C)Oc1cc2ccccc2[cH-]1.CC(C)(C)[Si](C)(C)Oc1cc2ccccc2[cH-]1.[Hf]. The van der Waals surface area contributed by atoms with E-state index in [1.807, 2.05) is 0 Å². The Balaban J connectivity index is 0.000000240. The minimum atomic E-state index is -1.71. The molecule has 0 radical (unpaired) electrons. The maximum Gasteiger partial charge on any atom is 0.248 e. The van der Waals surface area contributed by atoms with E-state index < -0.39 is 16.6 Å². The van der Waals surface area contributed by atoms with Crippen molar-refractivity contribution < 1.29 is 34.7 Å². The Kier molecular flexibility index (Phi) is 9.28. The predicted molar refractivity (Wildman–Crippen MR) is 155 cm³/mol. The van der Waals surface area contributed by atoms with Gasteiger partial charge in [0.1, 0.15) is 0 Å². The molecule has 0 aliphatic carbocycles. The third-order valence-corrected chi connectivity index (χ3v) is 16.3. The summed E-state index contributed by atoms with van der Waals surface area (Å²) >= 11 is 0. The zero-order valence-corrected chi connectivity index (χ0v) is 28.8. The number of fused-ring (bicyclic) bond motifs is 2. The topological polar surface area (TPSA) is 18.5 Å². The van der Waals surface area contributed by atoms with Crippen molar-refractivity contribution in [3.05, 3.63) is 72.8 Å². The molecule has 35 heavy (non-hydrogen) atoms. The molecule has 0 aliphatic heterocycles. The second kappa shape index (κ2) is 10.9. The van der Waals surface area contributed by atoms with Crippen LogP contribution in [0.25, 0.3) is 21.5 Å². The first-order valence-corrected chi connectivity index (χ1v) is 18.1. The van der Waals surface area contributed by atoms with Gasteiger partial charge in [-0.3, -0.25) is 0 Å². The van der Waals surface area contributed by atoms with Crippen molar-refractivity contribution in [2.45, 2.75) is 77.8 Å². The molecule has 2 nitrogen and oxygen atoms in total. The summed E-state index contributed by atoms with van der Waals surface area (Å²) < 4.78 is 12.6. The molecule has 0 aromatic heterocycles. The zero-order valence-electron chi connectivity index (χ0n) is 23.2. The second-order valence-corrected chi connectivity index (χ2v) is 21.8. The molecule has 5 heteroatoms. The average molecular weight is 669 g/mol. The van der Waals surface area contributed by atoms with Gasteiger partial charge in [0.2, 0.25) is 16.6 Å². The maximum atomic E-state index is 6.29. The Labute approximate surface area is 233 Å². The van der Waals surface area contributed by atoms with E-state index in [0.29, 0.717) is 0 Å². The van der Waals surface area contributed by atoms with Crippen LogP contribution in [-0.4, -0.2) is 16.6 Å². The van der Waals surface area contributed by atoms with E-state index in [1.54, 1.807) is 0 Å². The van der Waals surface area contributed by atoms with Crippen LogP contribution in [0.1, 0.15) is 41.5 Å². The largest absolute Gasteiger partial charge is 0.559 e. The summed E-state index contributed by atoms with van der Waals surface area (Å²) in [4.78, 5) is 0. The Morgan fingerprint density at radius 1 is 0.571 bits per heavy atom. The molecule has 0 spiro atoms. The fourth-order valence-corrected chi connectivity index (χ4v) is 5.28. The van der Waals surface area contributed by atoms with Gasteiger partial charge in [-0.05, 0) is 36.3 Å². The van der Waals surface area contributed by atoms with Gasteiger partial charge >= 0.3 is 0 Å². The molecular formula is C30H42HfO2Si2-2. The fourth-order valence-electron chi connectivity index (χ4n) is 3.26. The molecule has 0 unspecified atom stereocenters. The van der Waals surface area contributed by atoms with Gasteiger partial charge in [0.25, 0.3) is 0 Å². The molecule has 4 aromatic carbocycles. The van der Waals surface area contributed by atoms with E-state index in [0.717, 1.165) is 11.5 Å². The average Bonchev–Trinajstić information content (AvgIpc) is 3.28. The molecule has 0 heterocycles. The summed E-state index contributed by atoms with van der Waals surface area (Å²) in [5.41, 5.74) is 0. The molecule has 4 rings (SSSR count). The van der Waals surface area contributed by atoms with Crippen LogP contribution in [0.5, 0.6) is 11.5 Å². The molecule has 0 atom stereocenters. The van der Waals surface area contributed by atoms with Crippen LogP contribution in [0.15, 0.2) is 72.8 Å². The van der Waals surface area contributed by atoms with Gasteiger partial charge in [-0.15, -0.1) is 82.2 Å². The molecule has 0 saturated carbocycles. The van der Waals surface area contributed by atoms with Crippen molar-refractivity contribution in [1.29, 1.82) is 0 Å². The van der Waals surface area contributed by atoms with E-state index in [4.69, 9.17) is 8.85 Å². The van der Waals surface area contributed by atoms with Crippen LogP contribution in [0.3, 0.4) is 0 Å². The Hall–Kier alpha value is -1.44. The quantitative estimate of drug-likeness (QED) is 0.159. The molecule has 0 bridgehead atoms. The minimum Gasteiger partial charge on any atom is -0.559 e. The van der Waals surface area contributed by atoms with Gasteiger partial charge in [0.05, 0.1) is 0 Å². The van der Waals surface area contributed by atoms with Crippen LogP contribution in [0.4, 0.5) is 0 Å². The summed E-state index contributed by atoms with van der Waals surface area (Å²) in [5, 5.41) is 5.55. The van der Waals surface area contributed by atoms with Crippen LogP contribution in [-0.2, 0) is 25.8 Å². The van der Waals surface area contributed by atoms with Crippen molar-refractivity contribution in [2.75, 3.05) is 0 Å². The molecular weight excluding hydrogens is 627 g/mol. The Bertz CT molecular complexity index is 1070. The van der Waals surface area contributed by atoms with E-state index >= 15 is 0 Å². The smallest absolute Gasteiger partial charge is 0.248 e. The van der Waals surface area contributed by atoms with Crippen molar-refractivity contribution in [1.82, 2.24) is 0 Å². The van der Waals surface area contributed by atoms with E-state index in [9.17, 15) is 0 Å². The first-order valence-electron chi connectivity index (χ1n) is 12.3. The van der Waals surface area contributed by atoms with Gasteiger partial charge in [-0.2, -0.15) is 0 Å². The standard InChI is InChI=1S/2C15H21OSi.Hf/c2*1-15(2,3)17(4,5)16-14-10-12-8-6-7-9-13(12)11-14;/h2*6-11H,1-5H3;/q2*-1;. The zero-order chi connectivity index (χ0) is 25.4. The van der Waals surface area contributed by atoms with Crippen LogP contribution in [0.2, 0.25) is 36.3 Å². The number of rotatable bonds is 4. The molecule has 0 N–H and O–H groups in total. The first-order chi connectivity index (χ1) is 15.6. The minimum absolute atomic E-state index is 0. The van der Waals surface area contributed by atoms with E-state index in [2.05, 4.69) is 141 Å². The summed E-state index contributed by atoms with van der Waals surface area (Å²) in [7, 11) is -3.42. The van der Waals surface area contributed by atoms with E-state index in [-0.39, 0.29) is 35.9 Å². The fraction of sp³-hybridized carbons (Fsp3) is 0.400. The van der Waals surface area contributed by atoms with Gasteiger partial charge in [-0.25, -0.2) is 0 Å². The number of hydrogen-bond acceptors (Lipinski definition) is 2. The van der Waals surface area contributed by atoms with Gasteiger partial charge < -0.3 is 8.85 Å². The van der Waals surface area contributed by atoms with Crippen molar-refractivity contribution in [3.8, 4) is 11.5 Å². The van der Waals surface area contributed by atoms with Crippen LogP contribution in [0, 0.1) is 0 Å². The maximum absolute atomic E-state index is 6.29. The summed E-state index contributed by atoms with van der Waals surface area (Å²) in [5.74, 6) is 2.05. The molecule has 0 aliphatic rings. The molecule has 0 fully saturated rings. The van der Waals surface area contributed by atoms with Gasteiger partial charge in [0.15, 0.2) is 0 Å². The number of benzene rings is 2. The third kappa shape index (κ3) is 7.30. The second-order valence-electron chi connectivity index (χ2n) is 12.4. The van der Waals surface area contributed by atoms with Gasteiger partial charge in [0, 0.05) is 37.3 Å². The summed E-state index contributed by atoms with van der Waals surface area (Å²) in [6.07, 6.45) is 0.